The normalized spacial score (nSPS) is 23.0. The summed E-state index contributed by atoms with van der Waals surface area (Å²) in [5.41, 5.74) is 1.73. The number of piperidine rings is 1. The van der Waals surface area contributed by atoms with Crippen molar-refractivity contribution in [2.45, 2.75) is 25.7 Å². The lowest BCUT2D eigenvalue weighted by Crippen LogP contribution is -2.48. The number of para-hydroxylation sites is 1. The molecule has 19 heavy (non-hydrogen) atoms. The number of nitrogens with one attached hydrogen (secondary N) is 1. The Hall–Kier alpha value is -0.930. The van der Waals surface area contributed by atoms with Crippen molar-refractivity contribution in [2.75, 3.05) is 25.5 Å². The molecule has 1 N–H and O–H groups in total. The molecule has 2 fully saturated rings. The summed E-state index contributed by atoms with van der Waals surface area (Å²) in [6, 6.07) is 10.3. The lowest BCUT2D eigenvalue weighted by atomic mass is 9.57. The molecule has 3 heteroatoms. The van der Waals surface area contributed by atoms with Crippen LogP contribution in [0.2, 0.25) is 0 Å². The van der Waals surface area contributed by atoms with Crippen molar-refractivity contribution in [1.29, 1.82) is 0 Å². The van der Waals surface area contributed by atoms with Crippen molar-refractivity contribution < 1.29 is 0 Å². The molecule has 0 unspecified atom stereocenters. The molecule has 1 aliphatic carbocycles. The van der Waals surface area contributed by atoms with Gasteiger partial charge in [0.05, 0.1) is 4.99 Å². The van der Waals surface area contributed by atoms with Crippen LogP contribution >= 0.6 is 12.2 Å². The molecule has 0 aromatic heterocycles. The number of rotatable bonds is 2. The minimum Gasteiger partial charge on any atom is -0.350 e. The van der Waals surface area contributed by atoms with E-state index in [0.717, 1.165) is 10.7 Å². The maximum atomic E-state index is 5.56. The molecule has 1 heterocycles. The fraction of sp³-hybridized carbons (Fsp3) is 0.562. The standard InChI is InChI=1S/C16H22N2S/c1-18-9-7-16(8-10-18)11-13(12-16)15(19)17-14-5-3-2-4-6-14/h2-6,13H,7-12H2,1H3,(H,17,19). The molecule has 1 aromatic carbocycles. The van der Waals surface area contributed by atoms with Crippen molar-refractivity contribution in [2.24, 2.45) is 11.3 Å². The Morgan fingerprint density at radius 3 is 2.47 bits per heavy atom. The number of nitrogens with zero attached hydrogens (tertiary/aromatic N) is 1. The average Bonchev–Trinajstić information content (AvgIpc) is 2.38. The summed E-state index contributed by atoms with van der Waals surface area (Å²) < 4.78 is 0. The Bertz CT molecular complexity index is 441. The molecule has 0 bridgehead atoms. The van der Waals surface area contributed by atoms with Gasteiger partial charge in [0, 0.05) is 11.6 Å². The maximum Gasteiger partial charge on any atom is 0.0829 e. The monoisotopic (exact) mass is 274 g/mol. The van der Waals surface area contributed by atoms with E-state index in [1.807, 2.05) is 18.2 Å². The van der Waals surface area contributed by atoms with E-state index in [4.69, 9.17) is 12.2 Å². The Morgan fingerprint density at radius 2 is 1.84 bits per heavy atom. The van der Waals surface area contributed by atoms with Gasteiger partial charge in [0.25, 0.3) is 0 Å². The molecule has 1 aromatic rings. The van der Waals surface area contributed by atoms with Crippen LogP contribution in [0, 0.1) is 11.3 Å². The summed E-state index contributed by atoms with van der Waals surface area (Å²) in [7, 11) is 2.23. The molecule has 1 saturated heterocycles. The van der Waals surface area contributed by atoms with Crippen LogP contribution in [-0.2, 0) is 0 Å². The zero-order valence-electron chi connectivity index (χ0n) is 11.6. The van der Waals surface area contributed by atoms with Crippen LogP contribution in [0.3, 0.4) is 0 Å². The van der Waals surface area contributed by atoms with E-state index in [0.29, 0.717) is 11.3 Å². The van der Waals surface area contributed by atoms with Crippen molar-refractivity contribution in [3.8, 4) is 0 Å². The largest absolute Gasteiger partial charge is 0.350 e. The second-order valence-corrected chi connectivity index (χ2v) is 6.70. The van der Waals surface area contributed by atoms with Gasteiger partial charge in [-0.2, -0.15) is 0 Å². The second-order valence-electron chi connectivity index (χ2n) is 6.26. The van der Waals surface area contributed by atoms with Gasteiger partial charge in [0.2, 0.25) is 0 Å². The van der Waals surface area contributed by atoms with Crippen LogP contribution in [0.1, 0.15) is 25.7 Å². The fourth-order valence-corrected chi connectivity index (χ4v) is 3.72. The highest BCUT2D eigenvalue weighted by Crippen LogP contribution is 2.52. The van der Waals surface area contributed by atoms with E-state index in [2.05, 4.69) is 29.4 Å². The predicted molar refractivity (Wildman–Crippen MR) is 84.6 cm³/mol. The van der Waals surface area contributed by atoms with Gasteiger partial charge in [0.1, 0.15) is 0 Å². The van der Waals surface area contributed by atoms with E-state index in [1.165, 1.54) is 38.8 Å². The van der Waals surface area contributed by atoms with E-state index < -0.39 is 0 Å². The number of benzene rings is 1. The number of likely N-dealkylation sites (tertiary alicyclic amines) is 1. The molecular formula is C16H22N2S. The molecule has 0 radical (unpaired) electrons. The molecule has 2 nitrogen and oxygen atoms in total. The minimum atomic E-state index is 0.596. The van der Waals surface area contributed by atoms with Gasteiger partial charge in [-0.05, 0) is 63.4 Å². The molecule has 1 spiro atoms. The lowest BCUT2D eigenvalue weighted by molar-refractivity contribution is 0.0199. The zero-order chi connectivity index (χ0) is 13.3. The topological polar surface area (TPSA) is 15.3 Å². The first-order valence-electron chi connectivity index (χ1n) is 7.21. The van der Waals surface area contributed by atoms with Crippen molar-refractivity contribution in [3.05, 3.63) is 30.3 Å². The number of thiocarbonyl (C=S) groups is 1. The third-order valence-corrected chi connectivity index (χ3v) is 5.25. The van der Waals surface area contributed by atoms with Crippen LogP contribution < -0.4 is 5.32 Å². The quantitative estimate of drug-likeness (QED) is 0.830. The van der Waals surface area contributed by atoms with E-state index >= 15 is 0 Å². The molecule has 1 aliphatic heterocycles. The van der Waals surface area contributed by atoms with Gasteiger partial charge in [-0.25, -0.2) is 0 Å². The van der Waals surface area contributed by atoms with E-state index in [9.17, 15) is 0 Å². The highest BCUT2D eigenvalue weighted by molar-refractivity contribution is 7.80. The molecule has 102 valence electrons. The van der Waals surface area contributed by atoms with Crippen LogP contribution in [0.15, 0.2) is 30.3 Å². The van der Waals surface area contributed by atoms with Crippen molar-refractivity contribution in [3.63, 3.8) is 0 Å². The Kier molecular flexibility index (Phi) is 3.59. The maximum absolute atomic E-state index is 5.56. The van der Waals surface area contributed by atoms with Crippen LogP contribution in [0.5, 0.6) is 0 Å². The highest BCUT2D eigenvalue weighted by atomic mass is 32.1. The molecular weight excluding hydrogens is 252 g/mol. The Labute approximate surface area is 121 Å². The lowest BCUT2D eigenvalue weighted by Gasteiger charge is -2.52. The smallest absolute Gasteiger partial charge is 0.0829 e. The van der Waals surface area contributed by atoms with Gasteiger partial charge >= 0.3 is 0 Å². The minimum absolute atomic E-state index is 0.596. The van der Waals surface area contributed by atoms with Crippen LogP contribution in [0.25, 0.3) is 0 Å². The third-order valence-electron chi connectivity index (χ3n) is 4.82. The molecule has 0 amide bonds. The fourth-order valence-electron chi connectivity index (χ4n) is 3.44. The molecule has 0 atom stereocenters. The third kappa shape index (κ3) is 2.82. The van der Waals surface area contributed by atoms with Gasteiger partial charge in [-0.3, -0.25) is 0 Å². The summed E-state index contributed by atoms with van der Waals surface area (Å²) in [4.78, 5) is 3.48. The van der Waals surface area contributed by atoms with Gasteiger partial charge in [-0.15, -0.1) is 0 Å². The SMILES string of the molecule is CN1CCC2(CC1)CC(C(=S)Nc1ccccc1)C2. The number of hydrogen-bond acceptors (Lipinski definition) is 2. The van der Waals surface area contributed by atoms with Crippen LogP contribution in [0.4, 0.5) is 5.69 Å². The summed E-state index contributed by atoms with van der Waals surface area (Å²) in [6.45, 7) is 2.51. The first kappa shape index (κ1) is 13.1. The van der Waals surface area contributed by atoms with Gasteiger partial charge < -0.3 is 10.2 Å². The highest BCUT2D eigenvalue weighted by Gasteiger charge is 2.46. The summed E-state index contributed by atoms with van der Waals surface area (Å²) in [5, 5.41) is 3.40. The summed E-state index contributed by atoms with van der Waals surface area (Å²) >= 11 is 5.56. The first-order valence-corrected chi connectivity index (χ1v) is 7.62. The molecule has 1 saturated carbocycles. The Morgan fingerprint density at radius 1 is 1.21 bits per heavy atom. The summed E-state index contributed by atoms with van der Waals surface area (Å²) in [6.07, 6.45) is 5.29. The van der Waals surface area contributed by atoms with Crippen molar-refractivity contribution in [1.82, 2.24) is 4.90 Å². The predicted octanol–water partition coefficient (Wildman–Crippen LogP) is 3.55. The summed E-state index contributed by atoms with van der Waals surface area (Å²) in [5.74, 6) is 0.596. The van der Waals surface area contributed by atoms with Gasteiger partial charge in [0.15, 0.2) is 0 Å². The van der Waals surface area contributed by atoms with Gasteiger partial charge in [-0.1, -0.05) is 30.4 Å². The average molecular weight is 274 g/mol. The number of anilines is 1. The molecule has 3 rings (SSSR count). The van der Waals surface area contributed by atoms with E-state index in [1.54, 1.807) is 0 Å². The molecule has 2 aliphatic rings. The second kappa shape index (κ2) is 5.22. The zero-order valence-corrected chi connectivity index (χ0v) is 12.4. The first-order chi connectivity index (χ1) is 9.17. The number of hydrogen-bond donors (Lipinski definition) is 1. The Balaban J connectivity index is 1.52. The van der Waals surface area contributed by atoms with Crippen LogP contribution in [-0.4, -0.2) is 30.0 Å². The van der Waals surface area contributed by atoms with E-state index in [-0.39, 0.29) is 0 Å². The van der Waals surface area contributed by atoms with Crippen molar-refractivity contribution >= 4 is 22.9 Å².